The van der Waals surface area contributed by atoms with E-state index in [0.29, 0.717) is 65.8 Å². The summed E-state index contributed by atoms with van der Waals surface area (Å²) in [6.07, 6.45) is 1.69. The number of aryl methyl sites for hydroxylation is 3. The molecular weight excluding hydrogens is 1000 g/mol. The van der Waals surface area contributed by atoms with Gasteiger partial charge in [0.15, 0.2) is 17.4 Å². The van der Waals surface area contributed by atoms with Gasteiger partial charge in [0, 0.05) is 88.6 Å². The van der Waals surface area contributed by atoms with Crippen LogP contribution in [0.5, 0.6) is 5.75 Å². The van der Waals surface area contributed by atoms with Crippen molar-refractivity contribution < 1.29 is 32.6 Å². The minimum absolute atomic E-state index is 0.0180. The minimum Gasteiger partial charge on any atom is -0.496 e. The van der Waals surface area contributed by atoms with Gasteiger partial charge in [0.05, 0.1) is 30.0 Å². The Kier molecular flexibility index (Phi) is 16.5. The van der Waals surface area contributed by atoms with Crippen LogP contribution >= 0.6 is 34.5 Å². The van der Waals surface area contributed by atoms with Crippen molar-refractivity contribution in [1.29, 1.82) is 5.26 Å². The van der Waals surface area contributed by atoms with Gasteiger partial charge in [-0.2, -0.15) is 5.26 Å². The number of nitrogens with zero attached hydrogens (tertiary/aromatic N) is 5. The summed E-state index contributed by atoms with van der Waals surface area (Å²) in [5.74, 6) is -1.44. The molecule has 386 valence electrons. The summed E-state index contributed by atoms with van der Waals surface area (Å²) in [4.78, 5) is 48.1. The average Bonchev–Trinajstić information content (AvgIpc) is 3.96. The van der Waals surface area contributed by atoms with E-state index >= 15 is 8.78 Å². The largest absolute Gasteiger partial charge is 0.496 e. The molecule has 0 radical (unpaired) electrons. The normalized spacial score (nSPS) is 19.3. The van der Waals surface area contributed by atoms with Crippen LogP contribution in [0.2, 0.25) is 10.0 Å². The van der Waals surface area contributed by atoms with Gasteiger partial charge in [-0.05, 0) is 99.4 Å². The Bertz CT molecular complexity index is 3190. The lowest BCUT2D eigenvalue weighted by atomic mass is 9.62. The highest BCUT2D eigenvalue weighted by molar-refractivity contribution is 7.15. The molecule has 0 unspecified atom stereocenters. The second-order valence-electron chi connectivity index (χ2n) is 20.6. The van der Waals surface area contributed by atoms with Crippen LogP contribution in [0, 0.1) is 56.1 Å². The molecule has 0 amide bonds. The van der Waals surface area contributed by atoms with E-state index in [4.69, 9.17) is 37.7 Å². The molecule has 1 N–H and O–H groups in total. The summed E-state index contributed by atoms with van der Waals surface area (Å²) in [6, 6.07) is 21.5. The number of carbonyl (C=O) groups excluding carboxylic acids is 3. The number of ketones is 3. The van der Waals surface area contributed by atoms with Crippen molar-refractivity contribution in [3.8, 4) is 16.8 Å². The van der Waals surface area contributed by atoms with Gasteiger partial charge in [0.25, 0.3) is 0 Å². The van der Waals surface area contributed by atoms with Crippen LogP contribution in [0.3, 0.4) is 0 Å². The van der Waals surface area contributed by atoms with Crippen molar-refractivity contribution in [3.63, 3.8) is 0 Å². The number of aliphatic imine (C=N–C) groups is 1. The zero-order valence-electron chi connectivity index (χ0n) is 42.9. The van der Waals surface area contributed by atoms with Gasteiger partial charge in [-0.25, -0.2) is 8.78 Å². The van der Waals surface area contributed by atoms with E-state index in [1.165, 1.54) is 25.3 Å². The molecule has 11 nitrogen and oxygen atoms in total. The first-order chi connectivity index (χ1) is 35.3. The number of thiophene rings is 1. The van der Waals surface area contributed by atoms with Gasteiger partial charge in [0.2, 0.25) is 0 Å². The maximum Gasteiger partial charge on any atom is 0.163 e. The number of hydrogen-bond acceptors (Lipinski definition) is 11. The van der Waals surface area contributed by atoms with Crippen molar-refractivity contribution >= 4 is 57.6 Å². The van der Waals surface area contributed by atoms with Crippen molar-refractivity contribution in [2.24, 2.45) is 10.4 Å². The molecule has 1 fully saturated rings. The highest BCUT2D eigenvalue weighted by Crippen LogP contribution is 2.53. The summed E-state index contributed by atoms with van der Waals surface area (Å²) in [7, 11) is 1.45. The number of rotatable bonds is 19. The smallest absolute Gasteiger partial charge is 0.163 e. The lowest BCUT2D eigenvalue weighted by Gasteiger charge is -2.37. The van der Waals surface area contributed by atoms with E-state index in [9.17, 15) is 19.6 Å². The second-order valence-corrected chi connectivity index (χ2v) is 22.7. The molecule has 2 aromatic heterocycles. The third kappa shape index (κ3) is 11.0. The van der Waals surface area contributed by atoms with Gasteiger partial charge in [-0.1, -0.05) is 92.5 Å². The van der Waals surface area contributed by atoms with Crippen LogP contribution in [-0.2, 0) is 26.2 Å². The summed E-state index contributed by atoms with van der Waals surface area (Å²) >= 11 is 14.3. The van der Waals surface area contributed by atoms with E-state index in [1.807, 2.05) is 56.5 Å². The lowest BCUT2D eigenvalue weighted by Crippen LogP contribution is -2.44. The Morgan fingerprint density at radius 2 is 1.66 bits per heavy atom. The number of halogens is 4. The summed E-state index contributed by atoms with van der Waals surface area (Å²) in [6.45, 7) is 14.4. The first-order valence-corrected chi connectivity index (χ1v) is 26.4. The first kappa shape index (κ1) is 54.3. The number of aromatic nitrogens is 3. The molecule has 8 rings (SSSR count). The fraction of sp³-hybridized carbons (Fsp3) is 0.397. The van der Waals surface area contributed by atoms with Crippen LogP contribution in [0.25, 0.3) is 5.00 Å². The van der Waals surface area contributed by atoms with E-state index in [-0.39, 0.29) is 64.6 Å². The molecule has 0 spiro atoms. The van der Waals surface area contributed by atoms with E-state index in [2.05, 4.69) is 35.4 Å². The van der Waals surface area contributed by atoms with Crippen molar-refractivity contribution in [3.05, 3.63) is 162 Å². The van der Waals surface area contributed by atoms with Gasteiger partial charge < -0.3 is 14.8 Å². The number of Topliss-reactive ketones (excluding diaryl/α,β-unsaturated/α-hetero) is 3. The topological polar surface area (TPSA) is 149 Å². The van der Waals surface area contributed by atoms with Crippen molar-refractivity contribution in [2.75, 3.05) is 20.3 Å². The maximum absolute atomic E-state index is 16.2. The second kappa shape index (κ2) is 22.5. The molecular formula is C58H60Cl2F2N6O5S. The summed E-state index contributed by atoms with van der Waals surface area (Å²) in [5, 5.41) is 25.0. The van der Waals surface area contributed by atoms with Gasteiger partial charge in [0.1, 0.15) is 45.4 Å². The molecule has 4 aromatic carbocycles. The Balaban J connectivity index is 0.893. The molecule has 0 saturated carbocycles. The van der Waals surface area contributed by atoms with Crippen LogP contribution in [0.1, 0.15) is 137 Å². The average molecular weight is 1060 g/mol. The number of methoxy groups -OCH3 is 1. The Morgan fingerprint density at radius 3 is 2.35 bits per heavy atom. The van der Waals surface area contributed by atoms with Crippen LogP contribution in [-0.4, -0.2) is 70.2 Å². The van der Waals surface area contributed by atoms with Crippen LogP contribution < -0.4 is 10.1 Å². The fourth-order valence-corrected chi connectivity index (χ4v) is 12.0. The van der Waals surface area contributed by atoms with Gasteiger partial charge in [-0.15, -0.1) is 21.5 Å². The number of benzene rings is 4. The van der Waals surface area contributed by atoms with E-state index in [1.54, 1.807) is 54.7 Å². The SMILES string of the molecule is COc1cc(C(=O)CCCOCCCC(=O)C[C@@H]2N=C(c3ccc(Cl)cc3)c3c(sc(C)c3C)-n3c(C)nnc32)ccc1CC(=O)[C@H]1N[C@H](CC(C)(C)C)[C@@](C#N)(c2ccc(C)cc2F)[C@@H]1c1cccc(Cl)c1F. The highest BCUT2D eigenvalue weighted by Gasteiger charge is 2.61. The maximum atomic E-state index is 16.2. The number of hydrogen-bond donors (Lipinski definition) is 1. The van der Waals surface area contributed by atoms with Crippen molar-refractivity contribution in [2.45, 2.75) is 123 Å². The standard InChI is InChI=1S/C58H60Cl2F2N6O5S/c1-32-16-23-42(44(61)26-32)58(31-63)49(30-57(5,6)7)65-54(51(58)41-13-9-14-43(60)52(41)62)47(71)27-38-18-17-37(28-48(38)72-8)46(70)15-11-25-73-24-10-12-40(69)29-45-55-67-66-35(4)68(55)56-50(33(2)34(3)74-56)53(64-45)36-19-21-39(59)22-20-36/h9,13-14,16-23,26,28,45,49,51,54,65H,10-12,15,24-25,27,29-30H2,1-8H3/t45-,49+,51+,54+,58+/m0/s1. The number of fused-ring (bicyclic) bond motifs is 3. The minimum atomic E-state index is -1.72. The van der Waals surface area contributed by atoms with Gasteiger partial charge >= 0.3 is 0 Å². The highest BCUT2D eigenvalue weighted by atomic mass is 35.5. The Hall–Kier alpha value is -5.95. The fourth-order valence-electron chi connectivity index (χ4n) is 10.5. The van der Waals surface area contributed by atoms with Crippen LogP contribution in [0.15, 0.2) is 83.9 Å². The van der Waals surface area contributed by atoms with E-state index < -0.39 is 41.1 Å². The molecule has 2 aliphatic rings. The molecule has 2 aliphatic heterocycles. The van der Waals surface area contributed by atoms with Crippen LogP contribution in [0.4, 0.5) is 8.78 Å². The monoisotopic (exact) mass is 1060 g/mol. The number of nitrogens with one attached hydrogen (secondary N) is 1. The Labute approximate surface area is 445 Å². The molecule has 74 heavy (non-hydrogen) atoms. The number of ether oxygens (including phenoxy) is 2. The zero-order chi connectivity index (χ0) is 53.2. The first-order valence-electron chi connectivity index (χ1n) is 24.8. The molecule has 0 aliphatic carbocycles. The molecule has 6 aromatic rings. The molecule has 4 heterocycles. The molecule has 0 bridgehead atoms. The molecule has 16 heteroatoms. The third-order valence-electron chi connectivity index (χ3n) is 14.2. The summed E-state index contributed by atoms with van der Waals surface area (Å²) in [5.41, 5.74) is 3.31. The Morgan fingerprint density at radius 1 is 0.932 bits per heavy atom. The summed E-state index contributed by atoms with van der Waals surface area (Å²) < 4.78 is 46.1. The molecule has 1 saturated heterocycles. The van der Waals surface area contributed by atoms with E-state index in [0.717, 1.165) is 38.1 Å². The predicted molar refractivity (Wildman–Crippen MR) is 286 cm³/mol. The quantitative estimate of drug-likeness (QED) is 0.0618. The van der Waals surface area contributed by atoms with Gasteiger partial charge in [-0.3, -0.25) is 23.9 Å². The number of carbonyl (C=O) groups is 3. The lowest BCUT2D eigenvalue weighted by molar-refractivity contribution is -0.121. The third-order valence-corrected chi connectivity index (χ3v) is 15.9. The molecule has 5 atom stereocenters. The zero-order valence-corrected chi connectivity index (χ0v) is 45.2. The predicted octanol–water partition coefficient (Wildman–Crippen LogP) is 12.6. The van der Waals surface area contributed by atoms with Crippen molar-refractivity contribution in [1.82, 2.24) is 20.1 Å². The number of nitriles is 1.